The molecule has 1 nitrogen and oxygen atoms in total. The van der Waals surface area contributed by atoms with Gasteiger partial charge in [-0.25, -0.2) is 8.96 Å². The predicted molar refractivity (Wildman–Crippen MR) is 90.6 cm³/mol. The first-order valence-electron chi connectivity index (χ1n) is 7.21. The first-order chi connectivity index (χ1) is 10.6. The third-order valence-electron chi connectivity index (χ3n) is 4.12. The molecule has 0 aliphatic rings. The number of rotatable bonds is 1. The van der Waals surface area contributed by atoms with Gasteiger partial charge in [-0.05, 0) is 30.7 Å². The van der Waals surface area contributed by atoms with Gasteiger partial charge in [-0.2, -0.15) is 0 Å². The lowest BCUT2D eigenvalue weighted by molar-refractivity contribution is -0.660. The Labute approximate surface area is 132 Å². The van der Waals surface area contributed by atoms with Crippen LogP contribution in [0.15, 0.2) is 54.7 Å². The van der Waals surface area contributed by atoms with E-state index in [0.29, 0.717) is 0 Å². The smallest absolute Gasteiger partial charge is 0.207 e. The molecule has 0 bridgehead atoms. The molecule has 0 fully saturated rings. The quantitative estimate of drug-likeness (QED) is 0.436. The van der Waals surface area contributed by atoms with E-state index >= 15 is 0 Å². The van der Waals surface area contributed by atoms with Crippen LogP contribution in [0.2, 0.25) is 0 Å². The van der Waals surface area contributed by atoms with Gasteiger partial charge in [0.15, 0.2) is 6.20 Å². The van der Waals surface area contributed by atoms with Crippen LogP contribution in [-0.2, 0) is 7.05 Å². The first-order valence-corrected chi connectivity index (χ1v) is 8.03. The van der Waals surface area contributed by atoms with Crippen molar-refractivity contribution in [1.29, 1.82) is 0 Å². The zero-order valence-electron chi connectivity index (χ0n) is 12.4. The van der Waals surface area contributed by atoms with E-state index in [0.717, 1.165) is 10.1 Å². The van der Waals surface area contributed by atoms with E-state index in [4.69, 9.17) is 0 Å². The monoisotopic (exact) mass is 308 g/mol. The van der Waals surface area contributed by atoms with Crippen LogP contribution in [0.3, 0.4) is 0 Å². The second kappa shape index (κ2) is 4.89. The fraction of sp³-hybridized carbons (Fsp3) is 0.105. The normalized spacial score (nSPS) is 11.4. The number of hydrogen-bond acceptors (Lipinski definition) is 1. The second-order valence-electron chi connectivity index (χ2n) is 5.57. The van der Waals surface area contributed by atoms with Crippen molar-refractivity contribution in [1.82, 2.24) is 0 Å². The summed E-state index contributed by atoms with van der Waals surface area (Å²) < 4.78 is 17.9. The summed E-state index contributed by atoms with van der Waals surface area (Å²) in [5.74, 6) is -0.178. The van der Waals surface area contributed by atoms with Gasteiger partial charge < -0.3 is 0 Å². The average molecular weight is 308 g/mol. The second-order valence-corrected chi connectivity index (χ2v) is 6.63. The molecule has 0 spiro atoms. The largest absolute Gasteiger partial charge is 0.213 e. The van der Waals surface area contributed by atoms with Gasteiger partial charge >= 0.3 is 0 Å². The molecule has 4 aromatic rings. The highest BCUT2D eigenvalue weighted by Gasteiger charge is 2.18. The molecule has 108 valence electrons. The number of benzene rings is 2. The van der Waals surface area contributed by atoms with Crippen molar-refractivity contribution in [2.45, 2.75) is 6.92 Å². The van der Waals surface area contributed by atoms with Crippen LogP contribution in [0.1, 0.15) is 5.56 Å². The molecule has 2 heterocycles. The zero-order chi connectivity index (χ0) is 15.3. The minimum absolute atomic E-state index is 0.178. The summed E-state index contributed by atoms with van der Waals surface area (Å²) >= 11 is 1.67. The molecule has 0 unspecified atom stereocenters. The predicted octanol–water partition coefficient (Wildman–Crippen LogP) is 4.99. The van der Waals surface area contributed by atoms with Gasteiger partial charge in [-0.15, -0.1) is 11.3 Å². The SMILES string of the molecule is Cc1ccc2c(sc3cc(F)ccc32)c1-c1cccc[n+]1C. The van der Waals surface area contributed by atoms with Crippen LogP contribution >= 0.6 is 11.3 Å². The zero-order valence-corrected chi connectivity index (χ0v) is 13.2. The number of halogens is 1. The summed E-state index contributed by atoms with van der Waals surface area (Å²) in [6, 6.07) is 15.6. The van der Waals surface area contributed by atoms with Gasteiger partial charge in [0, 0.05) is 32.3 Å². The summed E-state index contributed by atoms with van der Waals surface area (Å²) in [6.07, 6.45) is 2.06. The molecule has 0 saturated heterocycles. The van der Waals surface area contributed by atoms with Gasteiger partial charge in [0.25, 0.3) is 0 Å². The summed E-state index contributed by atoms with van der Waals surface area (Å²) in [5, 5.41) is 2.32. The number of nitrogens with zero attached hydrogens (tertiary/aromatic N) is 1. The van der Waals surface area contributed by atoms with Gasteiger partial charge in [0.1, 0.15) is 12.9 Å². The van der Waals surface area contributed by atoms with Gasteiger partial charge in [0.2, 0.25) is 5.69 Å². The number of fused-ring (bicyclic) bond motifs is 3. The van der Waals surface area contributed by atoms with Crippen molar-refractivity contribution in [2.24, 2.45) is 7.05 Å². The molecule has 2 aromatic heterocycles. The fourth-order valence-corrected chi connectivity index (χ4v) is 4.35. The topological polar surface area (TPSA) is 3.88 Å². The maximum Gasteiger partial charge on any atom is 0.213 e. The molecule has 4 rings (SSSR count). The van der Waals surface area contributed by atoms with E-state index < -0.39 is 0 Å². The highest BCUT2D eigenvalue weighted by Crippen LogP contribution is 2.40. The molecule has 2 aromatic carbocycles. The van der Waals surface area contributed by atoms with Gasteiger partial charge in [-0.1, -0.05) is 18.2 Å². The minimum atomic E-state index is -0.178. The lowest BCUT2D eigenvalue weighted by Crippen LogP contribution is -2.30. The van der Waals surface area contributed by atoms with Crippen LogP contribution in [0.5, 0.6) is 0 Å². The summed E-state index contributed by atoms with van der Waals surface area (Å²) in [6.45, 7) is 2.13. The third kappa shape index (κ3) is 1.93. The van der Waals surface area contributed by atoms with E-state index in [-0.39, 0.29) is 5.82 Å². The van der Waals surface area contributed by atoms with Crippen molar-refractivity contribution < 1.29 is 8.96 Å². The fourth-order valence-electron chi connectivity index (χ4n) is 3.01. The van der Waals surface area contributed by atoms with Crippen LogP contribution in [-0.4, -0.2) is 0 Å². The van der Waals surface area contributed by atoms with Crippen molar-refractivity contribution in [3.63, 3.8) is 0 Å². The molecule has 0 atom stereocenters. The number of pyridine rings is 1. The van der Waals surface area contributed by atoms with E-state index in [1.165, 1.54) is 33.0 Å². The van der Waals surface area contributed by atoms with Crippen LogP contribution < -0.4 is 4.57 Å². The molecule has 0 aliphatic carbocycles. The highest BCUT2D eigenvalue weighted by atomic mass is 32.1. The maximum absolute atomic E-state index is 13.5. The maximum atomic E-state index is 13.5. The average Bonchev–Trinajstić information content (AvgIpc) is 2.85. The number of hydrogen-bond donors (Lipinski definition) is 0. The Hall–Kier alpha value is -2.26. The molecular weight excluding hydrogens is 293 g/mol. The molecule has 0 saturated carbocycles. The molecule has 0 radical (unpaired) electrons. The molecule has 0 N–H and O–H groups in total. The van der Waals surface area contributed by atoms with E-state index in [1.54, 1.807) is 17.4 Å². The number of aryl methyl sites for hydroxylation is 2. The Bertz CT molecular complexity index is 1020. The third-order valence-corrected chi connectivity index (χ3v) is 5.31. The van der Waals surface area contributed by atoms with Crippen molar-refractivity contribution >= 4 is 31.5 Å². The van der Waals surface area contributed by atoms with Crippen molar-refractivity contribution in [3.05, 3.63) is 66.1 Å². The Morgan fingerprint density at radius 3 is 2.64 bits per heavy atom. The van der Waals surface area contributed by atoms with E-state index in [9.17, 15) is 4.39 Å². The Morgan fingerprint density at radius 2 is 1.82 bits per heavy atom. The lowest BCUT2D eigenvalue weighted by Gasteiger charge is -2.05. The van der Waals surface area contributed by atoms with Gasteiger partial charge in [-0.3, -0.25) is 0 Å². The summed E-state index contributed by atoms with van der Waals surface area (Å²) in [7, 11) is 2.06. The lowest BCUT2D eigenvalue weighted by atomic mass is 10.0. The van der Waals surface area contributed by atoms with E-state index in [2.05, 4.69) is 49.0 Å². The molecule has 0 amide bonds. The van der Waals surface area contributed by atoms with Crippen molar-refractivity contribution in [2.75, 3.05) is 0 Å². The summed E-state index contributed by atoms with van der Waals surface area (Å²) in [5.41, 5.74) is 3.65. The highest BCUT2D eigenvalue weighted by molar-refractivity contribution is 7.26. The number of aromatic nitrogens is 1. The van der Waals surface area contributed by atoms with Crippen LogP contribution in [0.25, 0.3) is 31.4 Å². The standard InChI is InChI=1S/C19H15FNS/c1-12-6-8-15-14-9-7-13(20)11-17(14)22-19(15)18(12)16-5-3-4-10-21(16)2/h3-11H,1-2H3/q+1. The van der Waals surface area contributed by atoms with E-state index in [1.807, 2.05) is 12.1 Å². The molecule has 22 heavy (non-hydrogen) atoms. The van der Waals surface area contributed by atoms with Crippen molar-refractivity contribution in [3.8, 4) is 11.3 Å². The van der Waals surface area contributed by atoms with Crippen LogP contribution in [0, 0.1) is 12.7 Å². The Balaban J connectivity index is 2.16. The van der Waals surface area contributed by atoms with Crippen LogP contribution in [0.4, 0.5) is 4.39 Å². The summed E-state index contributed by atoms with van der Waals surface area (Å²) in [4.78, 5) is 0. The molecular formula is C19H15FNS+. The molecule has 3 heteroatoms. The first kappa shape index (κ1) is 13.4. The Morgan fingerprint density at radius 1 is 1.00 bits per heavy atom. The number of thiophene rings is 1. The van der Waals surface area contributed by atoms with Gasteiger partial charge in [0.05, 0.1) is 5.56 Å². The molecule has 0 aliphatic heterocycles. The Kier molecular flexibility index (Phi) is 2.98. The minimum Gasteiger partial charge on any atom is -0.207 e.